The van der Waals surface area contributed by atoms with E-state index in [1.165, 1.54) is 6.20 Å². The highest BCUT2D eigenvalue weighted by atomic mass is 32.2. The first-order valence-electron chi connectivity index (χ1n) is 5.91. The van der Waals surface area contributed by atoms with Crippen molar-refractivity contribution in [3.05, 3.63) is 36.8 Å². The molecule has 0 aliphatic heterocycles. The first kappa shape index (κ1) is 13.3. The lowest BCUT2D eigenvalue weighted by Gasteiger charge is -2.10. The Morgan fingerprint density at radius 2 is 1.86 bits per heavy atom. The minimum atomic E-state index is -3.53. The Kier molecular flexibility index (Phi) is 3.18. The minimum absolute atomic E-state index is 0.0737. The molecule has 0 spiro atoms. The molecule has 3 heterocycles. The highest BCUT2D eigenvalue weighted by Crippen LogP contribution is 2.33. The van der Waals surface area contributed by atoms with Gasteiger partial charge in [0.15, 0.2) is 20.7 Å². The van der Waals surface area contributed by atoms with Crippen molar-refractivity contribution in [3.8, 4) is 22.5 Å². The van der Waals surface area contributed by atoms with Crippen LogP contribution < -0.4 is 0 Å². The van der Waals surface area contributed by atoms with Gasteiger partial charge in [-0.2, -0.15) is 0 Å². The topological polar surface area (TPSA) is 114 Å². The molecule has 0 radical (unpaired) electrons. The van der Waals surface area contributed by atoms with Gasteiger partial charge in [0.25, 0.3) is 0 Å². The predicted octanol–water partition coefficient (Wildman–Crippen LogP) is 0.727. The Morgan fingerprint density at radius 1 is 1.10 bits per heavy atom. The van der Waals surface area contributed by atoms with E-state index in [4.69, 9.17) is 0 Å². The van der Waals surface area contributed by atoms with E-state index in [0.717, 1.165) is 11.8 Å². The predicted molar refractivity (Wildman–Crippen MR) is 73.7 cm³/mol. The third kappa shape index (κ3) is 2.50. The molecule has 0 unspecified atom stereocenters. The molecular formula is C12H10N6O2S. The van der Waals surface area contributed by atoms with E-state index in [1.807, 2.05) is 0 Å². The fourth-order valence-corrected chi connectivity index (χ4v) is 2.82. The van der Waals surface area contributed by atoms with Crippen LogP contribution in [0.4, 0.5) is 0 Å². The van der Waals surface area contributed by atoms with Crippen LogP contribution in [-0.2, 0) is 9.84 Å². The maximum absolute atomic E-state index is 12.0. The van der Waals surface area contributed by atoms with Gasteiger partial charge in [0.2, 0.25) is 0 Å². The molecule has 1 N–H and O–H groups in total. The SMILES string of the molecule is CS(=O)(=O)c1nccc(-c2ccncc2)c1-c1nnn[nH]1. The lowest BCUT2D eigenvalue weighted by atomic mass is 10.0. The van der Waals surface area contributed by atoms with E-state index in [0.29, 0.717) is 11.1 Å². The van der Waals surface area contributed by atoms with Crippen molar-refractivity contribution in [1.29, 1.82) is 0 Å². The first-order chi connectivity index (χ1) is 10.1. The van der Waals surface area contributed by atoms with Gasteiger partial charge in [-0.3, -0.25) is 4.98 Å². The summed E-state index contributed by atoms with van der Waals surface area (Å²) in [5, 5.41) is 13.3. The highest BCUT2D eigenvalue weighted by molar-refractivity contribution is 7.90. The van der Waals surface area contributed by atoms with Crippen molar-refractivity contribution >= 4 is 9.84 Å². The first-order valence-corrected chi connectivity index (χ1v) is 7.80. The largest absolute Gasteiger partial charge is 0.265 e. The van der Waals surface area contributed by atoms with Crippen molar-refractivity contribution in [3.63, 3.8) is 0 Å². The van der Waals surface area contributed by atoms with Crippen LogP contribution in [0.3, 0.4) is 0 Å². The summed E-state index contributed by atoms with van der Waals surface area (Å²) >= 11 is 0. The van der Waals surface area contributed by atoms with Crippen molar-refractivity contribution in [2.75, 3.05) is 6.26 Å². The maximum atomic E-state index is 12.0. The third-order valence-electron chi connectivity index (χ3n) is 2.84. The van der Waals surface area contributed by atoms with Gasteiger partial charge < -0.3 is 0 Å². The number of pyridine rings is 2. The standard InChI is InChI=1S/C12H10N6O2S/c1-21(19,20)12-10(11-15-17-18-16-11)9(4-7-14-12)8-2-5-13-6-3-8/h2-7H,1H3,(H,15,16,17,18). The molecule has 3 rings (SSSR count). The maximum Gasteiger partial charge on any atom is 0.193 e. The number of H-pyrrole nitrogens is 1. The zero-order valence-electron chi connectivity index (χ0n) is 10.9. The van der Waals surface area contributed by atoms with Crippen LogP contribution in [0.25, 0.3) is 22.5 Å². The molecule has 0 atom stereocenters. The highest BCUT2D eigenvalue weighted by Gasteiger charge is 2.22. The Bertz CT molecular complexity index is 862. The van der Waals surface area contributed by atoms with Crippen LogP contribution in [-0.4, -0.2) is 45.3 Å². The van der Waals surface area contributed by atoms with Crippen LogP contribution in [0.5, 0.6) is 0 Å². The van der Waals surface area contributed by atoms with Crippen LogP contribution >= 0.6 is 0 Å². The Morgan fingerprint density at radius 3 is 2.48 bits per heavy atom. The number of nitrogens with zero attached hydrogens (tertiary/aromatic N) is 5. The van der Waals surface area contributed by atoms with E-state index in [9.17, 15) is 8.42 Å². The fourth-order valence-electron chi connectivity index (χ4n) is 1.99. The normalized spacial score (nSPS) is 11.5. The lowest BCUT2D eigenvalue weighted by molar-refractivity contribution is 0.598. The molecular weight excluding hydrogens is 292 g/mol. The molecule has 8 nitrogen and oxygen atoms in total. The zero-order valence-corrected chi connectivity index (χ0v) is 11.7. The van der Waals surface area contributed by atoms with E-state index in [-0.39, 0.29) is 10.9 Å². The minimum Gasteiger partial charge on any atom is -0.265 e. The Balaban J connectivity index is 2.36. The molecule has 0 saturated heterocycles. The number of aromatic amines is 1. The summed E-state index contributed by atoms with van der Waals surface area (Å²) in [5.74, 6) is 0.246. The second-order valence-electron chi connectivity index (χ2n) is 4.30. The van der Waals surface area contributed by atoms with E-state index < -0.39 is 9.84 Å². The van der Waals surface area contributed by atoms with Gasteiger partial charge >= 0.3 is 0 Å². The number of aromatic nitrogens is 6. The summed E-state index contributed by atoms with van der Waals surface area (Å²) < 4.78 is 24.0. The quantitative estimate of drug-likeness (QED) is 0.758. The van der Waals surface area contributed by atoms with Crippen LogP contribution in [0.15, 0.2) is 41.8 Å². The molecule has 0 aromatic carbocycles. The van der Waals surface area contributed by atoms with Gasteiger partial charge in [-0.05, 0) is 39.8 Å². The summed E-state index contributed by atoms with van der Waals surface area (Å²) in [6.45, 7) is 0. The number of tetrazole rings is 1. The monoisotopic (exact) mass is 302 g/mol. The Labute approximate surface area is 120 Å². The van der Waals surface area contributed by atoms with Gasteiger partial charge in [-0.25, -0.2) is 18.5 Å². The van der Waals surface area contributed by atoms with E-state index >= 15 is 0 Å². The smallest absolute Gasteiger partial charge is 0.193 e. The summed E-state index contributed by atoms with van der Waals surface area (Å²) in [6.07, 6.45) is 5.79. The van der Waals surface area contributed by atoms with E-state index in [1.54, 1.807) is 30.6 Å². The van der Waals surface area contributed by atoms with Gasteiger partial charge in [0, 0.05) is 24.8 Å². The molecule has 106 valence electrons. The molecule has 3 aromatic heterocycles. The second kappa shape index (κ2) is 5.02. The second-order valence-corrected chi connectivity index (χ2v) is 6.23. The average molecular weight is 302 g/mol. The van der Waals surface area contributed by atoms with Gasteiger partial charge in [0.1, 0.15) is 0 Å². The molecule has 0 bridgehead atoms. The molecule has 9 heteroatoms. The number of sulfone groups is 1. The van der Waals surface area contributed by atoms with Crippen LogP contribution in [0.1, 0.15) is 0 Å². The number of hydrogen-bond donors (Lipinski definition) is 1. The molecule has 0 aliphatic carbocycles. The van der Waals surface area contributed by atoms with Gasteiger partial charge in [-0.1, -0.05) is 0 Å². The average Bonchev–Trinajstić information content (AvgIpc) is 3.00. The van der Waals surface area contributed by atoms with Crippen molar-refractivity contribution in [2.45, 2.75) is 5.03 Å². The third-order valence-corrected chi connectivity index (χ3v) is 3.85. The zero-order chi connectivity index (χ0) is 14.9. The van der Waals surface area contributed by atoms with Crippen molar-refractivity contribution in [2.24, 2.45) is 0 Å². The summed E-state index contributed by atoms with van der Waals surface area (Å²) in [6, 6.07) is 5.26. The summed E-state index contributed by atoms with van der Waals surface area (Å²) in [4.78, 5) is 7.93. The van der Waals surface area contributed by atoms with Crippen LogP contribution in [0, 0.1) is 0 Å². The van der Waals surface area contributed by atoms with Crippen molar-refractivity contribution < 1.29 is 8.42 Å². The number of hydrogen-bond acceptors (Lipinski definition) is 7. The number of rotatable bonds is 3. The Hall–Kier alpha value is -2.68. The van der Waals surface area contributed by atoms with Gasteiger partial charge in [0.05, 0.1) is 5.56 Å². The summed E-state index contributed by atoms with van der Waals surface area (Å²) in [5.41, 5.74) is 1.80. The molecule has 3 aromatic rings. The van der Waals surface area contributed by atoms with Crippen LogP contribution in [0.2, 0.25) is 0 Å². The van der Waals surface area contributed by atoms with Gasteiger partial charge in [-0.15, -0.1) is 5.10 Å². The summed E-state index contributed by atoms with van der Waals surface area (Å²) in [7, 11) is -3.53. The molecule has 0 fully saturated rings. The molecule has 21 heavy (non-hydrogen) atoms. The molecule has 0 saturated carbocycles. The molecule has 0 aliphatic rings. The van der Waals surface area contributed by atoms with Crippen molar-refractivity contribution in [1.82, 2.24) is 30.6 Å². The lowest BCUT2D eigenvalue weighted by Crippen LogP contribution is -2.05. The fraction of sp³-hybridized carbons (Fsp3) is 0.0833. The number of nitrogens with one attached hydrogen (secondary N) is 1. The molecule has 0 amide bonds. The van der Waals surface area contributed by atoms with E-state index in [2.05, 4.69) is 30.6 Å².